The maximum atomic E-state index is 14.0. The van der Waals surface area contributed by atoms with Gasteiger partial charge in [-0.15, -0.1) is 0 Å². The zero-order valence-electron chi connectivity index (χ0n) is 22.3. The Bertz CT molecular complexity index is 1210. The molecular formula is C30H36FN3O4. The van der Waals surface area contributed by atoms with Crippen molar-refractivity contribution in [3.05, 3.63) is 71.8 Å². The number of amides is 1. The quantitative estimate of drug-likeness (QED) is 0.382. The first-order valence-corrected chi connectivity index (χ1v) is 13.1. The average molecular weight is 522 g/mol. The van der Waals surface area contributed by atoms with E-state index in [9.17, 15) is 9.18 Å². The van der Waals surface area contributed by atoms with Crippen molar-refractivity contribution in [2.45, 2.75) is 33.7 Å². The topological polar surface area (TPSA) is 72.9 Å². The summed E-state index contributed by atoms with van der Waals surface area (Å²) in [6, 6.07) is 14.5. The molecule has 3 aromatic rings. The Morgan fingerprint density at radius 2 is 1.89 bits per heavy atom. The molecule has 1 saturated heterocycles. The summed E-state index contributed by atoms with van der Waals surface area (Å²) in [6.07, 6.45) is 1.93. The van der Waals surface area contributed by atoms with Crippen molar-refractivity contribution in [2.24, 2.45) is 5.92 Å². The molecule has 0 unspecified atom stereocenters. The fraction of sp³-hybridized carbons (Fsp3) is 0.400. The van der Waals surface area contributed by atoms with Crippen molar-refractivity contribution in [2.75, 3.05) is 44.4 Å². The molecule has 1 aromatic heterocycles. The molecule has 0 radical (unpaired) electrons. The Balaban J connectivity index is 1.40. The van der Waals surface area contributed by atoms with Crippen LogP contribution in [0.1, 0.15) is 32.0 Å². The minimum absolute atomic E-state index is 0.131. The first kappa shape index (κ1) is 27.4. The van der Waals surface area contributed by atoms with Gasteiger partial charge in [0, 0.05) is 60.5 Å². The van der Waals surface area contributed by atoms with Gasteiger partial charge in [-0.1, -0.05) is 19.9 Å². The van der Waals surface area contributed by atoms with Gasteiger partial charge >= 0.3 is 0 Å². The van der Waals surface area contributed by atoms with Crippen molar-refractivity contribution in [1.29, 1.82) is 0 Å². The molecule has 1 aliphatic heterocycles. The van der Waals surface area contributed by atoms with Crippen LogP contribution in [-0.2, 0) is 22.5 Å². The highest BCUT2D eigenvalue weighted by Crippen LogP contribution is 2.34. The van der Waals surface area contributed by atoms with Gasteiger partial charge < -0.3 is 24.4 Å². The van der Waals surface area contributed by atoms with Crippen LogP contribution < -0.4 is 19.7 Å². The highest BCUT2D eigenvalue weighted by atomic mass is 19.1. The predicted molar refractivity (Wildman–Crippen MR) is 146 cm³/mol. The molecule has 0 aliphatic carbocycles. The summed E-state index contributed by atoms with van der Waals surface area (Å²) in [4.78, 5) is 19.4. The minimum Gasteiger partial charge on any atom is -0.494 e. The Morgan fingerprint density at radius 1 is 1.08 bits per heavy atom. The minimum atomic E-state index is -0.390. The third-order valence-electron chi connectivity index (χ3n) is 6.11. The number of halogens is 1. The SMILES string of the molecule is CCOc1ccc(-c2ccc(CC(=O)NCc3cc(F)cc(OCC(C)C)c3)nc2)c(N2CCOCC2)c1. The van der Waals surface area contributed by atoms with E-state index in [0.29, 0.717) is 49.4 Å². The van der Waals surface area contributed by atoms with Gasteiger partial charge in [-0.05, 0) is 48.7 Å². The molecule has 4 rings (SSSR count). The molecule has 0 spiro atoms. The lowest BCUT2D eigenvalue weighted by Crippen LogP contribution is -2.36. The van der Waals surface area contributed by atoms with E-state index in [4.69, 9.17) is 14.2 Å². The monoisotopic (exact) mass is 521 g/mol. The molecule has 0 bridgehead atoms. The van der Waals surface area contributed by atoms with E-state index in [1.54, 1.807) is 12.3 Å². The zero-order valence-corrected chi connectivity index (χ0v) is 22.3. The highest BCUT2D eigenvalue weighted by Gasteiger charge is 2.17. The molecule has 1 aliphatic rings. The lowest BCUT2D eigenvalue weighted by atomic mass is 10.0. The van der Waals surface area contributed by atoms with E-state index in [1.165, 1.54) is 12.1 Å². The molecule has 0 saturated carbocycles. The van der Waals surface area contributed by atoms with Crippen LogP contribution >= 0.6 is 0 Å². The van der Waals surface area contributed by atoms with Gasteiger partial charge in [0.15, 0.2) is 0 Å². The number of nitrogens with zero attached hydrogens (tertiary/aromatic N) is 2. The molecule has 38 heavy (non-hydrogen) atoms. The Kier molecular flexibility index (Phi) is 9.54. The second kappa shape index (κ2) is 13.2. The average Bonchev–Trinajstić information content (AvgIpc) is 2.92. The summed E-state index contributed by atoms with van der Waals surface area (Å²) in [5.41, 5.74) is 4.41. The molecule has 0 atom stereocenters. The summed E-state index contributed by atoms with van der Waals surface area (Å²) in [7, 11) is 0. The van der Waals surface area contributed by atoms with Gasteiger partial charge in [-0.25, -0.2) is 4.39 Å². The Hall–Kier alpha value is -3.65. The van der Waals surface area contributed by atoms with Gasteiger partial charge in [-0.3, -0.25) is 9.78 Å². The molecule has 2 heterocycles. The van der Waals surface area contributed by atoms with Crippen molar-refractivity contribution in [3.63, 3.8) is 0 Å². The van der Waals surface area contributed by atoms with Crippen LogP contribution in [0.5, 0.6) is 11.5 Å². The number of carbonyl (C=O) groups excluding carboxylic acids is 1. The lowest BCUT2D eigenvalue weighted by molar-refractivity contribution is -0.120. The molecule has 7 nitrogen and oxygen atoms in total. The summed E-state index contributed by atoms with van der Waals surface area (Å²) in [5.74, 6) is 1.05. The van der Waals surface area contributed by atoms with Crippen LogP contribution in [0.3, 0.4) is 0 Å². The first-order chi connectivity index (χ1) is 18.4. The van der Waals surface area contributed by atoms with Crippen molar-refractivity contribution < 1.29 is 23.4 Å². The lowest BCUT2D eigenvalue weighted by Gasteiger charge is -2.31. The number of benzene rings is 2. The number of nitrogens with one attached hydrogen (secondary N) is 1. The van der Waals surface area contributed by atoms with Gasteiger partial charge in [0.1, 0.15) is 17.3 Å². The van der Waals surface area contributed by atoms with E-state index in [-0.39, 0.29) is 18.9 Å². The van der Waals surface area contributed by atoms with Gasteiger partial charge in [-0.2, -0.15) is 0 Å². The zero-order chi connectivity index (χ0) is 26.9. The van der Waals surface area contributed by atoms with Crippen LogP contribution in [0.2, 0.25) is 0 Å². The number of rotatable bonds is 11. The predicted octanol–water partition coefficient (Wildman–Crippen LogP) is 5.02. The maximum absolute atomic E-state index is 14.0. The van der Waals surface area contributed by atoms with Gasteiger partial charge in [0.25, 0.3) is 0 Å². The second-order valence-corrected chi connectivity index (χ2v) is 9.70. The first-order valence-electron chi connectivity index (χ1n) is 13.1. The number of hydrogen-bond acceptors (Lipinski definition) is 6. The van der Waals surface area contributed by atoms with E-state index >= 15 is 0 Å². The Morgan fingerprint density at radius 3 is 2.61 bits per heavy atom. The standard InChI is InChI=1S/C30H36FN3O4/c1-4-37-26-7-8-28(29(17-26)34-9-11-36-12-10-34)23-5-6-25(32-19-23)16-30(35)33-18-22-13-24(31)15-27(14-22)38-20-21(2)3/h5-8,13-15,17,19,21H,4,9-12,16,18,20H2,1-3H3,(H,33,35). The van der Waals surface area contributed by atoms with Gasteiger partial charge in [0.2, 0.25) is 5.91 Å². The molecule has 2 aromatic carbocycles. The summed E-state index contributed by atoms with van der Waals surface area (Å²) in [5, 5.41) is 2.85. The fourth-order valence-electron chi connectivity index (χ4n) is 4.26. The van der Waals surface area contributed by atoms with Crippen LogP contribution in [0.15, 0.2) is 54.7 Å². The molecule has 202 valence electrons. The van der Waals surface area contributed by atoms with Crippen molar-refractivity contribution >= 4 is 11.6 Å². The maximum Gasteiger partial charge on any atom is 0.226 e. The normalized spacial score (nSPS) is 13.4. The van der Waals surface area contributed by atoms with Crippen LogP contribution in [-0.4, -0.2) is 50.4 Å². The smallest absolute Gasteiger partial charge is 0.226 e. The number of ether oxygens (including phenoxy) is 3. The summed E-state index contributed by atoms with van der Waals surface area (Å²) in [6.45, 7) is 10.3. The third-order valence-corrected chi connectivity index (χ3v) is 6.11. The van der Waals surface area contributed by atoms with Crippen molar-refractivity contribution in [3.8, 4) is 22.6 Å². The van der Waals surface area contributed by atoms with E-state index < -0.39 is 5.82 Å². The molecular weight excluding hydrogens is 485 g/mol. The molecule has 1 amide bonds. The number of morpholine rings is 1. The van der Waals surface area contributed by atoms with Crippen LogP contribution in [0.25, 0.3) is 11.1 Å². The number of carbonyl (C=O) groups is 1. The molecule has 1 fully saturated rings. The summed E-state index contributed by atoms with van der Waals surface area (Å²) >= 11 is 0. The Labute approximate surface area is 223 Å². The molecule has 1 N–H and O–H groups in total. The van der Waals surface area contributed by atoms with Crippen LogP contribution in [0, 0.1) is 11.7 Å². The second-order valence-electron chi connectivity index (χ2n) is 9.70. The number of pyridine rings is 1. The number of anilines is 1. The number of aromatic nitrogens is 1. The third kappa shape index (κ3) is 7.68. The summed E-state index contributed by atoms with van der Waals surface area (Å²) < 4.78 is 30.9. The number of hydrogen-bond donors (Lipinski definition) is 1. The van der Waals surface area contributed by atoms with E-state index in [2.05, 4.69) is 27.3 Å². The van der Waals surface area contributed by atoms with E-state index in [1.807, 2.05) is 39.0 Å². The van der Waals surface area contributed by atoms with Crippen molar-refractivity contribution in [1.82, 2.24) is 10.3 Å². The largest absolute Gasteiger partial charge is 0.494 e. The molecule has 8 heteroatoms. The van der Waals surface area contributed by atoms with E-state index in [0.717, 1.165) is 35.7 Å². The van der Waals surface area contributed by atoms with Gasteiger partial charge in [0.05, 0.1) is 32.8 Å². The van der Waals surface area contributed by atoms with Crippen LogP contribution in [0.4, 0.5) is 10.1 Å². The highest BCUT2D eigenvalue weighted by molar-refractivity contribution is 5.81. The fourth-order valence-corrected chi connectivity index (χ4v) is 4.26.